The highest BCUT2D eigenvalue weighted by Crippen LogP contribution is 2.25. The van der Waals surface area contributed by atoms with Gasteiger partial charge in [-0.1, -0.05) is 24.3 Å². The maximum Gasteiger partial charge on any atom is 0.119 e. The Balaban J connectivity index is 0.000000178. The van der Waals surface area contributed by atoms with Gasteiger partial charge in [-0.2, -0.15) is 0 Å². The van der Waals surface area contributed by atoms with Crippen LogP contribution in [0.25, 0.3) is 22.3 Å². The van der Waals surface area contributed by atoms with Crippen molar-refractivity contribution in [3.8, 4) is 33.8 Å². The number of benzene rings is 2. The van der Waals surface area contributed by atoms with Crippen molar-refractivity contribution in [2.24, 2.45) is 0 Å². The molecule has 1 N–H and O–H groups in total. The molecule has 206 valence electrons. The highest BCUT2D eigenvalue weighted by Gasteiger charge is 2.01. The summed E-state index contributed by atoms with van der Waals surface area (Å²) >= 11 is 13.3. The maximum absolute atomic E-state index is 9.13. The van der Waals surface area contributed by atoms with Gasteiger partial charge in [-0.3, -0.25) is 15.0 Å². The molecule has 5 aromatic rings. The van der Waals surface area contributed by atoms with E-state index in [4.69, 9.17) is 14.6 Å². The van der Waals surface area contributed by atoms with Crippen LogP contribution in [0.15, 0.2) is 122 Å². The molecule has 3 heterocycles. The summed E-state index contributed by atoms with van der Waals surface area (Å²) in [5.41, 5.74) is 4.26. The summed E-state index contributed by atoms with van der Waals surface area (Å²) in [5, 5.41) is 9.13. The Labute approximate surface area is 267 Å². The Hall–Kier alpha value is -2.63. The van der Waals surface area contributed by atoms with E-state index in [0.29, 0.717) is 13.2 Å². The van der Waals surface area contributed by atoms with Gasteiger partial charge in [0, 0.05) is 73.3 Å². The first-order chi connectivity index (χ1) is 19.3. The molecular weight excluding hydrogens is 770 g/mol. The van der Waals surface area contributed by atoms with Crippen molar-refractivity contribution < 1.29 is 14.6 Å². The van der Waals surface area contributed by atoms with E-state index in [1.54, 1.807) is 50.2 Å². The molecule has 0 fully saturated rings. The van der Waals surface area contributed by atoms with Crippen LogP contribution in [0.1, 0.15) is 0 Å². The number of aromatic nitrogens is 3. The summed E-state index contributed by atoms with van der Waals surface area (Å²) in [5.74, 6) is 1.12. The lowest BCUT2D eigenvalue weighted by Crippen LogP contribution is -2.03. The molecule has 0 spiro atoms. The van der Waals surface area contributed by atoms with Crippen LogP contribution in [-0.4, -0.2) is 40.4 Å². The maximum atomic E-state index is 9.13. The normalized spacial score (nSPS) is 10.0. The van der Waals surface area contributed by atoms with Gasteiger partial charge in [0.1, 0.15) is 18.1 Å². The molecule has 6 nitrogen and oxygen atoms in total. The van der Waals surface area contributed by atoms with E-state index < -0.39 is 0 Å². The molecule has 3 aromatic heterocycles. The van der Waals surface area contributed by atoms with Crippen LogP contribution in [0.4, 0.5) is 0 Å². The number of hydrogen-bond donors (Lipinski definition) is 1. The zero-order valence-electron chi connectivity index (χ0n) is 21.3. The van der Waals surface area contributed by atoms with Gasteiger partial charge < -0.3 is 14.6 Å². The molecule has 10 heteroatoms. The van der Waals surface area contributed by atoms with Crippen LogP contribution < -0.4 is 4.74 Å². The summed E-state index contributed by atoms with van der Waals surface area (Å²) in [6.45, 7) is 1.16. The van der Waals surface area contributed by atoms with Gasteiger partial charge >= 0.3 is 0 Å². The Morgan fingerprint density at radius 2 is 0.975 bits per heavy atom. The van der Waals surface area contributed by atoms with Crippen LogP contribution in [0, 0.1) is 0 Å². The summed E-state index contributed by atoms with van der Waals surface area (Å²) in [6.07, 6.45) is 10.6. The zero-order chi connectivity index (χ0) is 28.7. The third-order valence-corrected chi connectivity index (χ3v) is 6.76. The lowest BCUT2D eigenvalue weighted by molar-refractivity contribution is 0.146. The fourth-order valence-electron chi connectivity index (χ4n) is 3.17. The van der Waals surface area contributed by atoms with E-state index in [1.165, 1.54) is 0 Å². The molecule has 0 bridgehead atoms. The highest BCUT2D eigenvalue weighted by atomic mass is 79.9. The Morgan fingerprint density at radius 3 is 1.38 bits per heavy atom. The standard InChI is InChI=1S/C14H14BrNO2.C11H8BrNO.C5H3Br2N/c1-17-6-7-18-14-4-2-11(3-5-14)12-8-13(15)10-16-9-12;12-10-5-9(6-13-7-10)8-1-3-11(14)4-2-8;6-4-1-5(7)3-8-2-4/h2-5,8-10H,6-7H2,1H3;1-7,14H;1-3H. The number of phenolic OH excluding ortho intramolecular Hbond substituents is 1. The van der Waals surface area contributed by atoms with Gasteiger partial charge in [0.2, 0.25) is 0 Å². The Kier molecular flexibility index (Phi) is 13.7. The predicted octanol–water partition coefficient (Wildman–Crippen LogP) is 9.36. The first kappa shape index (κ1) is 31.9. The Bertz CT molecular complexity index is 1450. The fraction of sp³-hybridized carbons (Fsp3) is 0.100. The first-order valence-corrected chi connectivity index (χ1v) is 15.0. The van der Waals surface area contributed by atoms with Crippen molar-refractivity contribution in [1.29, 1.82) is 0 Å². The number of hydrogen-bond acceptors (Lipinski definition) is 6. The summed E-state index contributed by atoms with van der Waals surface area (Å²) < 4.78 is 14.3. The number of methoxy groups -OCH3 is 1. The Morgan fingerprint density at radius 1 is 0.550 bits per heavy atom. The monoisotopic (exact) mass is 791 g/mol. The number of halogens is 4. The number of phenols is 1. The predicted molar refractivity (Wildman–Crippen MR) is 173 cm³/mol. The van der Waals surface area contributed by atoms with Crippen molar-refractivity contribution >= 4 is 63.7 Å². The lowest BCUT2D eigenvalue weighted by atomic mass is 10.1. The molecular formula is C30H25Br4N3O3. The van der Waals surface area contributed by atoms with Crippen LogP contribution in [0.3, 0.4) is 0 Å². The van der Waals surface area contributed by atoms with E-state index >= 15 is 0 Å². The molecule has 0 radical (unpaired) electrons. The number of aromatic hydroxyl groups is 1. The van der Waals surface area contributed by atoms with Gasteiger partial charge in [-0.15, -0.1) is 0 Å². The zero-order valence-corrected chi connectivity index (χ0v) is 27.7. The topological polar surface area (TPSA) is 77.4 Å². The van der Waals surface area contributed by atoms with Crippen LogP contribution in [-0.2, 0) is 4.74 Å². The van der Waals surface area contributed by atoms with Crippen molar-refractivity contribution in [3.05, 3.63) is 122 Å². The SMILES string of the molecule is Brc1cncc(Br)c1.COCCOc1ccc(-c2cncc(Br)c2)cc1.Oc1ccc(-c2cncc(Br)c2)cc1. The molecule has 40 heavy (non-hydrogen) atoms. The average molecular weight is 795 g/mol. The smallest absolute Gasteiger partial charge is 0.119 e. The first-order valence-electron chi connectivity index (χ1n) is 11.8. The van der Waals surface area contributed by atoms with E-state index in [0.717, 1.165) is 45.9 Å². The number of ether oxygens (including phenoxy) is 2. The largest absolute Gasteiger partial charge is 0.508 e. The van der Waals surface area contributed by atoms with Crippen molar-refractivity contribution in [3.63, 3.8) is 0 Å². The minimum atomic E-state index is 0.275. The van der Waals surface area contributed by atoms with Crippen LogP contribution in [0.5, 0.6) is 11.5 Å². The number of rotatable bonds is 6. The highest BCUT2D eigenvalue weighted by molar-refractivity contribution is 9.11. The van der Waals surface area contributed by atoms with E-state index in [1.807, 2.05) is 60.8 Å². The summed E-state index contributed by atoms with van der Waals surface area (Å²) in [7, 11) is 1.66. The van der Waals surface area contributed by atoms with Gasteiger partial charge in [0.15, 0.2) is 0 Å². The summed E-state index contributed by atoms with van der Waals surface area (Å²) in [4.78, 5) is 12.1. The van der Waals surface area contributed by atoms with Crippen LogP contribution in [0.2, 0.25) is 0 Å². The molecule has 0 aliphatic rings. The van der Waals surface area contributed by atoms with Gasteiger partial charge in [0.25, 0.3) is 0 Å². The van der Waals surface area contributed by atoms with E-state index in [9.17, 15) is 0 Å². The molecule has 0 atom stereocenters. The second-order valence-electron chi connectivity index (χ2n) is 8.02. The minimum absolute atomic E-state index is 0.275. The molecule has 0 saturated carbocycles. The molecule has 5 rings (SSSR count). The third kappa shape index (κ3) is 11.5. The number of pyridine rings is 3. The lowest BCUT2D eigenvalue weighted by Gasteiger charge is -2.06. The van der Waals surface area contributed by atoms with Gasteiger partial charge in [0.05, 0.1) is 6.61 Å². The molecule has 0 aliphatic heterocycles. The second kappa shape index (κ2) is 17.2. The van der Waals surface area contributed by atoms with Crippen molar-refractivity contribution in [2.45, 2.75) is 0 Å². The van der Waals surface area contributed by atoms with Crippen molar-refractivity contribution in [2.75, 3.05) is 20.3 Å². The number of nitrogens with zero attached hydrogens (tertiary/aromatic N) is 3. The molecule has 0 saturated heterocycles. The van der Waals surface area contributed by atoms with Gasteiger partial charge in [-0.05, 0) is 117 Å². The molecule has 0 aliphatic carbocycles. The summed E-state index contributed by atoms with van der Waals surface area (Å²) in [6, 6.07) is 20.9. The third-order valence-electron chi connectivity index (χ3n) is 5.03. The van der Waals surface area contributed by atoms with E-state index in [2.05, 4.69) is 78.7 Å². The quantitative estimate of drug-likeness (QED) is 0.173. The van der Waals surface area contributed by atoms with Crippen LogP contribution >= 0.6 is 63.7 Å². The molecule has 0 unspecified atom stereocenters. The van der Waals surface area contributed by atoms with Crippen molar-refractivity contribution in [1.82, 2.24) is 15.0 Å². The fourth-order valence-corrected chi connectivity index (χ4v) is 4.93. The molecule has 0 amide bonds. The minimum Gasteiger partial charge on any atom is -0.508 e. The van der Waals surface area contributed by atoms with E-state index in [-0.39, 0.29) is 5.75 Å². The average Bonchev–Trinajstić information content (AvgIpc) is 2.95. The second-order valence-corrected chi connectivity index (χ2v) is 11.7. The molecule has 2 aromatic carbocycles. The van der Waals surface area contributed by atoms with Gasteiger partial charge in [-0.25, -0.2) is 0 Å².